The number of rotatable bonds is 4. The molecule has 0 unspecified atom stereocenters. The maximum atomic E-state index is 6.09. The van der Waals surface area contributed by atoms with Gasteiger partial charge in [0, 0.05) is 23.2 Å². The van der Waals surface area contributed by atoms with E-state index in [2.05, 4.69) is 35.0 Å². The number of methoxy groups -OCH3 is 1. The molecule has 4 aromatic rings. The van der Waals surface area contributed by atoms with Gasteiger partial charge in [0.2, 0.25) is 5.95 Å². The Morgan fingerprint density at radius 1 is 0.900 bits per heavy atom. The van der Waals surface area contributed by atoms with E-state index in [1.54, 1.807) is 7.11 Å². The topological polar surface area (TPSA) is 39.4 Å². The van der Waals surface area contributed by atoms with Crippen LogP contribution < -0.4 is 4.74 Å². The van der Waals surface area contributed by atoms with E-state index in [0.717, 1.165) is 39.7 Å². The Morgan fingerprint density at radius 3 is 2.33 bits per heavy atom. The van der Waals surface area contributed by atoms with E-state index in [4.69, 9.17) is 26.3 Å². The van der Waals surface area contributed by atoms with Crippen molar-refractivity contribution in [2.75, 3.05) is 7.11 Å². The van der Waals surface area contributed by atoms with Gasteiger partial charge < -0.3 is 9.30 Å². The number of hydrogen-bond donors (Lipinski definition) is 0. The number of halogens is 1. The first kappa shape index (κ1) is 18.6. The predicted octanol–water partition coefficient (Wildman–Crippen LogP) is 6.33. The summed E-state index contributed by atoms with van der Waals surface area (Å²) in [6, 6.07) is 26.4. The molecule has 0 amide bonds. The van der Waals surface area contributed by atoms with Crippen molar-refractivity contribution in [1.29, 1.82) is 0 Å². The maximum absolute atomic E-state index is 6.09. The van der Waals surface area contributed by atoms with Gasteiger partial charge in [0.1, 0.15) is 5.75 Å². The second-order valence-electron chi connectivity index (χ2n) is 7.26. The summed E-state index contributed by atoms with van der Waals surface area (Å²) in [6.45, 7) is 0. The second kappa shape index (κ2) is 7.81. The smallest absolute Gasteiger partial charge is 0.230 e. The minimum absolute atomic E-state index is 0.0963. The van der Waals surface area contributed by atoms with Gasteiger partial charge in [-0.2, -0.15) is 0 Å². The lowest BCUT2D eigenvalue weighted by Crippen LogP contribution is -2.19. The first-order chi connectivity index (χ1) is 14.7. The molecule has 0 aliphatic carbocycles. The molecule has 30 heavy (non-hydrogen) atoms. The molecule has 0 spiro atoms. The molecular formula is C25H20ClN3O. The van der Waals surface area contributed by atoms with E-state index >= 15 is 0 Å². The van der Waals surface area contributed by atoms with E-state index in [9.17, 15) is 0 Å². The van der Waals surface area contributed by atoms with Crippen molar-refractivity contribution in [2.45, 2.75) is 12.5 Å². The maximum Gasteiger partial charge on any atom is 0.230 e. The summed E-state index contributed by atoms with van der Waals surface area (Å²) in [5.41, 5.74) is 5.26. The lowest BCUT2D eigenvalue weighted by molar-refractivity contribution is 0.414. The Balaban J connectivity index is 1.62. The zero-order valence-electron chi connectivity index (χ0n) is 16.5. The van der Waals surface area contributed by atoms with Crippen LogP contribution in [0.2, 0.25) is 5.02 Å². The van der Waals surface area contributed by atoms with Gasteiger partial charge in [-0.15, -0.1) is 0 Å². The van der Waals surface area contributed by atoms with Crippen molar-refractivity contribution in [3.05, 3.63) is 101 Å². The molecule has 148 valence electrons. The second-order valence-corrected chi connectivity index (χ2v) is 7.69. The molecule has 0 saturated heterocycles. The lowest BCUT2D eigenvalue weighted by atomic mass is 9.95. The fourth-order valence-electron chi connectivity index (χ4n) is 3.82. The summed E-state index contributed by atoms with van der Waals surface area (Å²) < 4.78 is 7.50. The van der Waals surface area contributed by atoms with E-state index in [0.29, 0.717) is 5.95 Å². The number of benzene rings is 3. The molecule has 1 aromatic heterocycles. The Morgan fingerprint density at radius 2 is 1.63 bits per heavy atom. The number of fused-ring (bicyclic) bond motifs is 1. The minimum Gasteiger partial charge on any atom is -0.497 e. The highest BCUT2D eigenvalue weighted by Gasteiger charge is 2.26. The van der Waals surface area contributed by atoms with Gasteiger partial charge in [0.05, 0.1) is 24.6 Å². The van der Waals surface area contributed by atoms with Crippen molar-refractivity contribution in [1.82, 2.24) is 9.55 Å². The molecule has 0 N–H and O–H groups in total. The number of hydrogen-bond acceptors (Lipinski definition) is 3. The Hall–Kier alpha value is -3.37. The molecule has 0 bridgehead atoms. The van der Waals surface area contributed by atoms with Crippen molar-refractivity contribution >= 4 is 23.3 Å². The number of aromatic nitrogens is 2. The SMILES string of the molecule is COc1ccc([C@H]2CC(c3ccc(Cl)cc3)=Nc3nc(-c4ccccc4)cn32)cc1. The van der Waals surface area contributed by atoms with Gasteiger partial charge in [0.15, 0.2) is 0 Å². The van der Waals surface area contributed by atoms with Crippen LogP contribution in [0.5, 0.6) is 5.75 Å². The van der Waals surface area contributed by atoms with Crippen molar-refractivity contribution < 1.29 is 4.74 Å². The first-order valence-electron chi connectivity index (χ1n) is 9.83. The summed E-state index contributed by atoms with van der Waals surface area (Å²) >= 11 is 6.09. The van der Waals surface area contributed by atoms with Crippen LogP contribution in [-0.2, 0) is 0 Å². The fraction of sp³-hybridized carbons (Fsp3) is 0.120. The van der Waals surface area contributed by atoms with E-state index in [1.807, 2.05) is 54.6 Å². The number of ether oxygens (including phenoxy) is 1. The van der Waals surface area contributed by atoms with Gasteiger partial charge in [0.25, 0.3) is 0 Å². The summed E-state index contributed by atoms with van der Waals surface area (Å²) in [5, 5.41) is 0.717. The van der Waals surface area contributed by atoms with Crippen molar-refractivity contribution in [3.63, 3.8) is 0 Å². The predicted molar refractivity (Wildman–Crippen MR) is 121 cm³/mol. The third-order valence-electron chi connectivity index (χ3n) is 5.42. The highest BCUT2D eigenvalue weighted by molar-refractivity contribution is 6.30. The lowest BCUT2D eigenvalue weighted by Gasteiger charge is -2.25. The van der Waals surface area contributed by atoms with Crippen LogP contribution in [0, 0.1) is 0 Å². The Kier molecular flexibility index (Phi) is 4.85. The normalized spacial score (nSPS) is 15.4. The summed E-state index contributed by atoms with van der Waals surface area (Å²) in [5.74, 6) is 1.56. The van der Waals surface area contributed by atoms with Gasteiger partial charge in [-0.3, -0.25) is 0 Å². The van der Waals surface area contributed by atoms with Crippen LogP contribution in [0.25, 0.3) is 11.3 Å². The number of imidazole rings is 1. The van der Waals surface area contributed by atoms with Gasteiger partial charge in [-0.1, -0.05) is 66.2 Å². The van der Waals surface area contributed by atoms with Crippen molar-refractivity contribution in [2.24, 2.45) is 4.99 Å². The monoisotopic (exact) mass is 413 g/mol. The van der Waals surface area contributed by atoms with Crippen LogP contribution in [0.15, 0.2) is 90.1 Å². The molecule has 1 aliphatic rings. The van der Waals surface area contributed by atoms with Crippen LogP contribution in [0.4, 0.5) is 5.95 Å². The van der Waals surface area contributed by atoms with Gasteiger partial charge >= 0.3 is 0 Å². The van der Waals surface area contributed by atoms with Crippen LogP contribution in [0.1, 0.15) is 23.6 Å². The van der Waals surface area contributed by atoms with Gasteiger partial charge in [-0.05, 0) is 35.4 Å². The van der Waals surface area contributed by atoms with E-state index < -0.39 is 0 Å². The molecule has 2 heterocycles. The molecule has 5 rings (SSSR count). The highest BCUT2D eigenvalue weighted by atomic mass is 35.5. The van der Waals surface area contributed by atoms with Gasteiger partial charge in [-0.25, -0.2) is 9.98 Å². The minimum atomic E-state index is 0.0963. The molecule has 0 radical (unpaired) electrons. The standard InChI is InChI=1S/C25H20ClN3O/c1-30-21-13-9-19(10-14-21)24-15-22(18-7-11-20(26)12-8-18)27-25-28-23(16-29(24)25)17-5-3-2-4-6-17/h2-14,16,24H,15H2,1H3/t24-/m1/s1. The highest BCUT2D eigenvalue weighted by Crippen LogP contribution is 2.36. The van der Waals surface area contributed by atoms with Crippen LogP contribution in [-0.4, -0.2) is 22.4 Å². The largest absolute Gasteiger partial charge is 0.497 e. The van der Waals surface area contributed by atoms with E-state index in [1.165, 1.54) is 5.56 Å². The van der Waals surface area contributed by atoms with Crippen LogP contribution in [0.3, 0.4) is 0 Å². The number of nitrogens with zero attached hydrogens (tertiary/aromatic N) is 3. The molecule has 3 aromatic carbocycles. The average Bonchev–Trinajstić information content (AvgIpc) is 3.24. The third-order valence-corrected chi connectivity index (χ3v) is 5.67. The molecule has 5 heteroatoms. The number of aliphatic imine (C=N–C) groups is 1. The zero-order chi connectivity index (χ0) is 20.5. The Labute approximate surface area is 180 Å². The third kappa shape index (κ3) is 3.51. The molecule has 1 atom stereocenters. The summed E-state index contributed by atoms with van der Waals surface area (Å²) in [4.78, 5) is 9.75. The fourth-order valence-corrected chi connectivity index (χ4v) is 3.95. The molecule has 0 fully saturated rings. The quantitative estimate of drug-likeness (QED) is 0.392. The summed E-state index contributed by atoms with van der Waals surface area (Å²) in [6.07, 6.45) is 2.87. The van der Waals surface area contributed by atoms with E-state index in [-0.39, 0.29) is 6.04 Å². The average molecular weight is 414 g/mol. The van der Waals surface area contributed by atoms with Crippen molar-refractivity contribution in [3.8, 4) is 17.0 Å². The summed E-state index contributed by atoms with van der Waals surface area (Å²) in [7, 11) is 1.68. The van der Waals surface area contributed by atoms with Crippen LogP contribution >= 0.6 is 11.6 Å². The molecule has 0 saturated carbocycles. The molecule has 1 aliphatic heterocycles. The first-order valence-corrected chi connectivity index (χ1v) is 10.2. The Bertz CT molecular complexity index is 1200. The molecule has 4 nitrogen and oxygen atoms in total. The zero-order valence-corrected chi connectivity index (χ0v) is 17.3. The molecular weight excluding hydrogens is 394 g/mol.